The molecule has 0 unspecified atom stereocenters. The monoisotopic (exact) mass is 262 g/mol. The molecule has 0 saturated carbocycles. The Hall–Kier alpha value is -1.29. The highest BCUT2D eigenvalue weighted by Gasteiger charge is 2.19. The Bertz CT molecular complexity index is 402. The molecule has 4 heteroatoms. The maximum atomic E-state index is 4.57. The van der Waals surface area contributed by atoms with E-state index in [0.29, 0.717) is 6.04 Å². The van der Waals surface area contributed by atoms with E-state index >= 15 is 0 Å². The van der Waals surface area contributed by atoms with Crippen molar-refractivity contribution >= 4 is 5.95 Å². The fourth-order valence-electron chi connectivity index (χ4n) is 2.74. The molecule has 0 bridgehead atoms. The first-order chi connectivity index (χ1) is 9.22. The van der Waals surface area contributed by atoms with Crippen LogP contribution in [0.3, 0.4) is 0 Å². The van der Waals surface area contributed by atoms with Crippen LogP contribution in [0.15, 0.2) is 18.9 Å². The Morgan fingerprint density at radius 1 is 1.47 bits per heavy atom. The molecule has 106 valence electrons. The standard InChI is InChI=1S/C15H26N4/c1-4-8-18-10-6-14(7-11-18)17-15-16-13(3)12-19(15)9-5-2/h5,12,14H,2,4,6-11H2,1,3H3,(H,16,17). The van der Waals surface area contributed by atoms with E-state index in [1.54, 1.807) is 0 Å². The van der Waals surface area contributed by atoms with Gasteiger partial charge in [0.15, 0.2) is 0 Å². The van der Waals surface area contributed by atoms with Gasteiger partial charge in [-0.2, -0.15) is 0 Å². The first kappa shape index (κ1) is 14.1. The second-order valence-electron chi connectivity index (χ2n) is 5.41. The van der Waals surface area contributed by atoms with Crippen LogP contribution in [0.1, 0.15) is 31.9 Å². The normalized spacial score (nSPS) is 17.6. The number of rotatable bonds is 6. The molecule has 1 aromatic heterocycles. The van der Waals surface area contributed by atoms with Gasteiger partial charge in [0.25, 0.3) is 0 Å². The van der Waals surface area contributed by atoms with Crippen LogP contribution in [0.5, 0.6) is 0 Å². The minimum absolute atomic E-state index is 0.554. The van der Waals surface area contributed by atoms with Gasteiger partial charge in [0.1, 0.15) is 0 Å². The molecule has 2 heterocycles. The number of imidazole rings is 1. The summed E-state index contributed by atoms with van der Waals surface area (Å²) in [7, 11) is 0. The van der Waals surface area contributed by atoms with Crippen molar-refractivity contribution in [3.63, 3.8) is 0 Å². The third kappa shape index (κ3) is 3.83. The Morgan fingerprint density at radius 3 is 2.84 bits per heavy atom. The van der Waals surface area contributed by atoms with Gasteiger partial charge in [-0.3, -0.25) is 0 Å². The molecular formula is C15H26N4. The molecule has 19 heavy (non-hydrogen) atoms. The Balaban J connectivity index is 1.90. The lowest BCUT2D eigenvalue weighted by atomic mass is 10.1. The van der Waals surface area contributed by atoms with Crippen LogP contribution < -0.4 is 5.32 Å². The van der Waals surface area contributed by atoms with E-state index < -0.39 is 0 Å². The average Bonchev–Trinajstić information content (AvgIpc) is 2.73. The maximum absolute atomic E-state index is 4.57. The highest BCUT2D eigenvalue weighted by Crippen LogP contribution is 2.17. The number of aryl methyl sites for hydroxylation is 1. The number of hydrogen-bond acceptors (Lipinski definition) is 3. The van der Waals surface area contributed by atoms with Crippen LogP contribution >= 0.6 is 0 Å². The molecule has 1 saturated heterocycles. The van der Waals surface area contributed by atoms with Crippen molar-refractivity contribution in [1.82, 2.24) is 14.5 Å². The summed E-state index contributed by atoms with van der Waals surface area (Å²) in [5.74, 6) is 0.992. The SMILES string of the molecule is C=CCn1cc(C)nc1NC1CCN(CCC)CC1. The fourth-order valence-corrected chi connectivity index (χ4v) is 2.74. The Labute approximate surface area is 116 Å². The van der Waals surface area contributed by atoms with Gasteiger partial charge in [0.2, 0.25) is 5.95 Å². The van der Waals surface area contributed by atoms with Gasteiger partial charge in [0, 0.05) is 31.9 Å². The molecular weight excluding hydrogens is 236 g/mol. The van der Waals surface area contributed by atoms with E-state index in [-0.39, 0.29) is 0 Å². The summed E-state index contributed by atoms with van der Waals surface area (Å²) in [6.07, 6.45) is 7.66. The molecule has 0 aromatic carbocycles. The topological polar surface area (TPSA) is 33.1 Å². The molecule has 1 fully saturated rings. The number of anilines is 1. The van der Waals surface area contributed by atoms with Gasteiger partial charge in [-0.1, -0.05) is 13.0 Å². The van der Waals surface area contributed by atoms with Gasteiger partial charge in [-0.05, 0) is 32.7 Å². The predicted molar refractivity (Wildman–Crippen MR) is 80.5 cm³/mol. The Morgan fingerprint density at radius 2 is 2.21 bits per heavy atom. The van der Waals surface area contributed by atoms with Crippen molar-refractivity contribution in [2.75, 3.05) is 25.0 Å². The van der Waals surface area contributed by atoms with Crippen LogP contribution in [0, 0.1) is 6.92 Å². The number of nitrogens with one attached hydrogen (secondary N) is 1. The summed E-state index contributed by atoms with van der Waals surface area (Å²) in [5.41, 5.74) is 1.06. The third-order valence-electron chi connectivity index (χ3n) is 3.68. The van der Waals surface area contributed by atoms with Crippen molar-refractivity contribution in [1.29, 1.82) is 0 Å². The number of piperidine rings is 1. The van der Waals surface area contributed by atoms with Gasteiger partial charge >= 0.3 is 0 Å². The third-order valence-corrected chi connectivity index (χ3v) is 3.68. The number of allylic oxidation sites excluding steroid dienone is 1. The van der Waals surface area contributed by atoms with Gasteiger partial charge < -0.3 is 14.8 Å². The molecule has 1 N–H and O–H groups in total. The molecule has 0 amide bonds. The van der Waals surface area contributed by atoms with Crippen LogP contribution in [0.25, 0.3) is 0 Å². The molecule has 1 aliphatic rings. The van der Waals surface area contributed by atoms with Crippen molar-refractivity contribution in [2.24, 2.45) is 0 Å². The first-order valence-corrected chi connectivity index (χ1v) is 7.36. The average molecular weight is 262 g/mol. The van der Waals surface area contributed by atoms with E-state index in [1.807, 2.05) is 13.0 Å². The Kier molecular flexibility index (Phi) is 5.02. The number of hydrogen-bond donors (Lipinski definition) is 1. The number of likely N-dealkylation sites (tertiary alicyclic amines) is 1. The minimum atomic E-state index is 0.554. The molecule has 2 rings (SSSR count). The minimum Gasteiger partial charge on any atom is -0.353 e. The molecule has 0 radical (unpaired) electrons. The van der Waals surface area contributed by atoms with Gasteiger partial charge in [0.05, 0.1) is 5.69 Å². The van der Waals surface area contributed by atoms with E-state index in [0.717, 1.165) is 18.2 Å². The van der Waals surface area contributed by atoms with E-state index in [2.05, 4.69) is 39.5 Å². The van der Waals surface area contributed by atoms with E-state index in [1.165, 1.54) is 38.9 Å². The van der Waals surface area contributed by atoms with Crippen LogP contribution in [-0.2, 0) is 6.54 Å². The van der Waals surface area contributed by atoms with Crippen molar-refractivity contribution in [2.45, 2.75) is 45.7 Å². The zero-order valence-corrected chi connectivity index (χ0v) is 12.2. The molecule has 4 nitrogen and oxygen atoms in total. The summed E-state index contributed by atoms with van der Waals surface area (Å²) in [4.78, 5) is 7.12. The number of nitrogens with zero attached hydrogens (tertiary/aromatic N) is 3. The zero-order chi connectivity index (χ0) is 13.7. The van der Waals surface area contributed by atoms with Crippen LogP contribution in [-0.4, -0.2) is 40.1 Å². The van der Waals surface area contributed by atoms with Crippen molar-refractivity contribution in [3.05, 3.63) is 24.5 Å². The molecule has 1 aliphatic heterocycles. The second-order valence-corrected chi connectivity index (χ2v) is 5.41. The lowest BCUT2D eigenvalue weighted by Crippen LogP contribution is -2.39. The van der Waals surface area contributed by atoms with Crippen molar-refractivity contribution < 1.29 is 0 Å². The van der Waals surface area contributed by atoms with Crippen LogP contribution in [0.4, 0.5) is 5.95 Å². The molecule has 1 aromatic rings. The summed E-state index contributed by atoms with van der Waals surface area (Å²) < 4.78 is 2.14. The predicted octanol–water partition coefficient (Wildman–Crippen LogP) is 2.66. The van der Waals surface area contributed by atoms with Crippen LogP contribution in [0.2, 0.25) is 0 Å². The fraction of sp³-hybridized carbons (Fsp3) is 0.667. The summed E-state index contributed by atoms with van der Waals surface area (Å²) in [6.45, 7) is 12.5. The molecule has 0 atom stereocenters. The summed E-state index contributed by atoms with van der Waals surface area (Å²) in [6, 6.07) is 0.554. The van der Waals surface area contributed by atoms with Gasteiger partial charge in [-0.25, -0.2) is 4.98 Å². The summed E-state index contributed by atoms with van der Waals surface area (Å²) >= 11 is 0. The highest BCUT2D eigenvalue weighted by atomic mass is 15.2. The lowest BCUT2D eigenvalue weighted by molar-refractivity contribution is 0.219. The van der Waals surface area contributed by atoms with E-state index in [9.17, 15) is 0 Å². The molecule has 0 spiro atoms. The van der Waals surface area contributed by atoms with E-state index in [4.69, 9.17) is 0 Å². The highest BCUT2D eigenvalue weighted by molar-refractivity contribution is 5.30. The lowest BCUT2D eigenvalue weighted by Gasteiger charge is -2.32. The van der Waals surface area contributed by atoms with Gasteiger partial charge in [-0.15, -0.1) is 6.58 Å². The van der Waals surface area contributed by atoms with Crippen molar-refractivity contribution in [3.8, 4) is 0 Å². The quantitative estimate of drug-likeness (QED) is 0.800. The largest absolute Gasteiger partial charge is 0.353 e. The zero-order valence-electron chi connectivity index (χ0n) is 12.2. The number of aromatic nitrogens is 2. The smallest absolute Gasteiger partial charge is 0.203 e. The molecule has 0 aliphatic carbocycles. The first-order valence-electron chi connectivity index (χ1n) is 7.36. The second kappa shape index (κ2) is 6.75. The summed E-state index contributed by atoms with van der Waals surface area (Å²) in [5, 5.41) is 3.60. The maximum Gasteiger partial charge on any atom is 0.203 e.